The second kappa shape index (κ2) is 6.50. The normalized spacial score (nSPS) is 25.8. The van der Waals surface area contributed by atoms with Crippen LogP contribution in [0.3, 0.4) is 0 Å². The van der Waals surface area contributed by atoms with Crippen LogP contribution in [0.15, 0.2) is 12.7 Å². The summed E-state index contributed by atoms with van der Waals surface area (Å²) in [5.41, 5.74) is -1.02. The first-order valence-electron chi connectivity index (χ1n) is 7.43. The second-order valence-electron chi connectivity index (χ2n) is 7.10. The maximum Gasteiger partial charge on any atom is 0.408 e. The minimum Gasteiger partial charge on any atom is -0.480 e. The molecule has 0 bridgehead atoms. The summed E-state index contributed by atoms with van der Waals surface area (Å²) < 4.78 is 5.43. The standard InChI is InChI=1S/C16H27NO4/c1-6-7-8-9-11-10-16(11,5)21-14(20)17-12(13(18)19)15(2,3)4/h6,11-12H,1,7-10H2,2-5H3,(H,17,20)(H,18,19)/t11?,12-,16+/m1/s1. The molecule has 0 aromatic carbocycles. The average Bonchev–Trinajstić information content (AvgIpc) is 2.95. The van der Waals surface area contributed by atoms with Gasteiger partial charge in [0, 0.05) is 5.92 Å². The molecule has 0 saturated heterocycles. The molecule has 1 rings (SSSR count). The van der Waals surface area contributed by atoms with E-state index in [4.69, 9.17) is 4.74 Å². The van der Waals surface area contributed by atoms with Crippen LogP contribution in [0.4, 0.5) is 4.79 Å². The molecular weight excluding hydrogens is 270 g/mol. The number of aliphatic carboxylic acids is 1. The Kier molecular flexibility index (Phi) is 5.42. The highest BCUT2D eigenvalue weighted by molar-refractivity contribution is 5.80. The fourth-order valence-corrected chi connectivity index (χ4v) is 2.48. The van der Waals surface area contributed by atoms with E-state index >= 15 is 0 Å². The van der Waals surface area contributed by atoms with Crippen LogP contribution in [-0.4, -0.2) is 28.8 Å². The van der Waals surface area contributed by atoms with E-state index in [9.17, 15) is 14.7 Å². The molecule has 0 aliphatic heterocycles. The van der Waals surface area contributed by atoms with Crippen LogP contribution >= 0.6 is 0 Å². The number of nitrogens with one attached hydrogen (secondary N) is 1. The third-order valence-electron chi connectivity index (χ3n) is 4.02. The molecule has 2 N–H and O–H groups in total. The summed E-state index contributed by atoms with van der Waals surface area (Å²) in [5, 5.41) is 11.7. The number of hydrogen-bond donors (Lipinski definition) is 2. The fourth-order valence-electron chi connectivity index (χ4n) is 2.48. The number of allylic oxidation sites excluding steroid dienone is 1. The number of rotatable bonds is 7. The van der Waals surface area contributed by atoms with Crippen molar-refractivity contribution in [3.63, 3.8) is 0 Å². The van der Waals surface area contributed by atoms with Crippen molar-refractivity contribution in [2.75, 3.05) is 0 Å². The van der Waals surface area contributed by atoms with Crippen LogP contribution in [0.25, 0.3) is 0 Å². The lowest BCUT2D eigenvalue weighted by atomic mass is 9.87. The zero-order valence-corrected chi connectivity index (χ0v) is 13.4. The predicted molar refractivity (Wildman–Crippen MR) is 81.1 cm³/mol. The van der Waals surface area contributed by atoms with Gasteiger partial charge in [-0.15, -0.1) is 6.58 Å². The molecule has 21 heavy (non-hydrogen) atoms. The van der Waals surface area contributed by atoms with Crippen molar-refractivity contribution in [2.45, 2.75) is 65.0 Å². The first kappa shape index (κ1) is 17.5. The summed E-state index contributed by atoms with van der Waals surface area (Å²) in [6, 6.07) is -0.966. The van der Waals surface area contributed by atoms with Gasteiger partial charge in [0.1, 0.15) is 11.6 Å². The lowest BCUT2D eigenvalue weighted by molar-refractivity contribution is -0.142. The van der Waals surface area contributed by atoms with Crippen molar-refractivity contribution < 1.29 is 19.4 Å². The number of ether oxygens (including phenoxy) is 1. The number of hydrogen-bond acceptors (Lipinski definition) is 3. The summed E-state index contributed by atoms with van der Waals surface area (Å²) in [5.74, 6) is -0.691. The Hall–Kier alpha value is -1.52. The zero-order valence-electron chi connectivity index (χ0n) is 13.4. The molecule has 0 heterocycles. The minimum absolute atomic E-state index is 0.362. The molecule has 5 heteroatoms. The summed E-state index contributed by atoms with van der Waals surface area (Å²) in [6.07, 6.45) is 5.07. The van der Waals surface area contributed by atoms with Crippen LogP contribution in [0.5, 0.6) is 0 Å². The third kappa shape index (κ3) is 5.06. The summed E-state index contributed by atoms with van der Waals surface area (Å²) in [4.78, 5) is 23.1. The minimum atomic E-state index is -1.05. The quantitative estimate of drug-likeness (QED) is 0.558. The van der Waals surface area contributed by atoms with Gasteiger partial charge in [-0.2, -0.15) is 0 Å². The molecule has 1 fully saturated rings. The van der Waals surface area contributed by atoms with Crippen molar-refractivity contribution in [1.29, 1.82) is 0 Å². The van der Waals surface area contributed by atoms with Gasteiger partial charge in [0.2, 0.25) is 0 Å². The van der Waals surface area contributed by atoms with Crippen LogP contribution in [-0.2, 0) is 9.53 Å². The fraction of sp³-hybridized carbons (Fsp3) is 0.750. The van der Waals surface area contributed by atoms with Crippen LogP contribution in [0.1, 0.15) is 53.4 Å². The van der Waals surface area contributed by atoms with Gasteiger partial charge in [-0.05, 0) is 38.0 Å². The first-order valence-corrected chi connectivity index (χ1v) is 7.43. The van der Waals surface area contributed by atoms with E-state index in [1.54, 1.807) is 20.8 Å². The Morgan fingerprint density at radius 3 is 2.62 bits per heavy atom. The highest BCUT2D eigenvalue weighted by Crippen LogP contribution is 2.49. The Labute approximate surface area is 126 Å². The second-order valence-corrected chi connectivity index (χ2v) is 7.10. The Morgan fingerprint density at radius 2 is 2.14 bits per heavy atom. The molecule has 1 amide bonds. The number of unbranched alkanes of at least 4 members (excludes halogenated alkanes) is 1. The SMILES string of the molecule is C=CCCCC1C[C@]1(C)OC(=O)N[C@H](C(=O)O)C(C)(C)C. The van der Waals surface area contributed by atoms with E-state index < -0.39 is 29.1 Å². The summed E-state index contributed by atoms with van der Waals surface area (Å²) >= 11 is 0. The predicted octanol–water partition coefficient (Wildman–Crippen LogP) is 3.35. The molecule has 1 saturated carbocycles. The topological polar surface area (TPSA) is 75.6 Å². The van der Waals surface area contributed by atoms with Crippen molar-refractivity contribution in [1.82, 2.24) is 5.32 Å². The molecule has 120 valence electrons. The number of alkyl carbamates (subject to hydrolysis) is 1. The molecule has 0 aromatic heterocycles. The molecule has 0 aromatic rings. The number of carboxylic acids is 1. The monoisotopic (exact) mass is 297 g/mol. The van der Waals surface area contributed by atoms with Gasteiger partial charge in [-0.25, -0.2) is 9.59 Å². The van der Waals surface area contributed by atoms with Crippen LogP contribution in [0.2, 0.25) is 0 Å². The summed E-state index contributed by atoms with van der Waals surface area (Å²) in [6.45, 7) is 10.9. The number of amides is 1. The maximum atomic E-state index is 11.9. The highest BCUT2D eigenvalue weighted by Gasteiger charge is 2.53. The zero-order chi connectivity index (χ0) is 16.3. The van der Waals surface area contributed by atoms with Crippen LogP contribution < -0.4 is 5.32 Å². The number of carboxylic acid groups (broad SMARTS) is 1. The Morgan fingerprint density at radius 1 is 1.52 bits per heavy atom. The van der Waals surface area contributed by atoms with Crippen LogP contribution in [0, 0.1) is 11.3 Å². The molecule has 1 unspecified atom stereocenters. The Balaban J connectivity index is 2.47. The van der Waals surface area contributed by atoms with Crippen molar-refractivity contribution in [3.8, 4) is 0 Å². The van der Waals surface area contributed by atoms with Crippen molar-refractivity contribution in [3.05, 3.63) is 12.7 Å². The van der Waals surface area contributed by atoms with Crippen molar-refractivity contribution >= 4 is 12.1 Å². The van der Waals surface area contributed by atoms with E-state index in [1.165, 1.54) is 0 Å². The van der Waals surface area contributed by atoms with Gasteiger partial charge >= 0.3 is 12.1 Å². The Bertz CT molecular complexity index is 413. The van der Waals surface area contributed by atoms with E-state index in [0.29, 0.717) is 5.92 Å². The maximum absolute atomic E-state index is 11.9. The van der Waals surface area contributed by atoms with Gasteiger partial charge in [0.15, 0.2) is 0 Å². The average molecular weight is 297 g/mol. The number of carbonyl (C=O) groups excluding carboxylic acids is 1. The van der Waals surface area contributed by atoms with Gasteiger partial charge < -0.3 is 15.2 Å². The molecule has 3 atom stereocenters. The lowest BCUT2D eigenvalue weighted by Gasteiger charge is -2.28. The smallest absolute Gasteiger partial charge is 0.408 e. The largest absolute Gasteiger partial charge is 0.480 e. The third-order valence-corrected chi connectivity index (χ3v) is 4.02. The molecule has 1 aliphatic carbocycles. The molecular formula is C16H27NO4. The van der Waals surface area contributed by atoms with E-state index in [2.05, 4.69) is 11.9 Å². The molecule has 0 radical (unpaired) electrons. The lowest BCUT2D eigenvalue weighted by Crippen LogP contribution is -2.50. The molecule has 0 spiro atoms. The summed E-state index contributed by atoms with van der Waals surface area (Å²) in [7, 11) is 0. The van der Waals surface area contributed by atoms with E-state index in [1.807, 2.05) is 13.0 Å². The van der Waals surface area contributed by atoms with Gasteiger partial charge in [-0.1, -0.05) is 26.8 Å². The van der Waals surface area contributed by atoms with Crippen molar-refractivity contribution in [2.24, 2.45) is 11.3 Å². The molecule has 5 nitrogen and oxygen atoms in total. The van der Waals surface area contributed by atoms with E-state index in [-0.39, 0.29) is 0 Å². The van der Waals surface area contributed by atoms with Gasteiger partial charge in [0.25, 0.3) is 0 Å². The highest BCUT2D eigenvalue weighted by atomic mass is 16.6. The van der Waals surface area contributed by atoms with Gasteiger partial charge in [-0.3, -0.25) is 0 Å². The molecule has 1 aliphatic rings. The number of carbonyl (C=O) groups is 2. The van der Waals surface area contributed by atoms with Gasteiger partial charge in [0.05, 0.1) is 0 Å². The van der Waals surface area contributed by atoms with E-state index in [0.717, 1.165) is 25.7 Å². The first-order chi connectivity index (χ1) is 9.60.